The fourth-order valence-corrected chi connectivity index (χ4v) is 4.00. The zero-order chi connectivity index (χ0) is 19.0. The predicted octanol–water partition coefficient (Wildman–Crippen LogP) is 3.89. The Bertz CT molecular complexity index is 880. The number of halogens is 3. The lowest BCUT2D eigenvalue weighted by Gasteiger charge is -2.34. The fraction of sp³-hybridized carbons (Fsp3) is 0.526. The molecule has 0 spiro atoms. The van der Waals surface area contributed by atoms with E-state index in [-0.39, 0.29) is 6.04 Å². The van der Waals surface area contributed by atoms with E-state index in [0.29, 0.717) is 17.9 Å². The van der Waals surface area contributed by atoms with Gasteiger partial charge in [0.2, 0.25) is 0 Å². The van der Waals surface area contributed by atoms with Gasteiger partial charge in [-0.1, -0.05) is 0 Å². The lowest BCUT2D eigenvalue weighted by molar-refractivity contribution is -0.141. The van der Waals surface area contributed by atoms with E-state index in [2.05, 4.69) is 11.2 Å². The summed E-state index contributed by atoms with van der Waals surface area (Å²) < 4.78 is 39.9. The summed E-state index contributed by atoms with van der Waals surface area (Å²) in [5.74, 6) is 0.658. The molecule has 1 unspecified atom stereocenters. The van der Waals surface area contributed by atoms with Crippen LogP contribution in [0.25, 0.3) is 0 Å². The first-order valence-electron chi connectivity index (χ1n) is 9.26. The minimum atomic E-state index is -4.44. The number of hydrogen-bond donors (Lipinski definition) is 0. The van der Waals surface area contributed by atoms with Crippen molar-refractivity contribution in [2.75, 3.05) is 18.0 Å². The van der Waals surface area contributed by atoms with E-state index >= 15 is 0 Å². The largest absolute Gasteiger partial charge is 0.435 e. The second-order valence-corrected chi connectivity index (χ2v) is 7.21. The van der Waals surface area contributed by atoms with Crippen molar-refractivity contribution in [1.82, 2.24) is 14.8 Å². The van der Waals surface area contributed by atoms with Crippen molar-refractivity contribution in [3.8, 4) is 6.07 Å². The van der Waals surface area contributed by atoms with Gasteiger partial charge in [-0.15, -0.1) is 0 Å². The highest BCUT2D eigenvalue weighted by Crippen LogP contribution is 2.32. The van der Waals surface area contributed by atoms with Crippen molar-refractivity contribution in [3.63, 3.8) is 0 Å². The Kier molecular flexibility index (Phi) is 4.54. The average Bonchev–Trinajstić information content (AvgIpc) is 3.18. The van der Waals surface area contributed by atoms with Crippen LogP contribution in [0.15, 0.2) is 18.3 Å². The average molecular weight is 375 g/mol. The van der Waals surface area contributed by atoms with Crippen molar-refractivity contribution >= 4 is 5.82 Å². The summed E-state index contributed by atoms with van der Waals surface area (Å²) in [4.78, 5) is 6.80. The zero-order valence-electron chi connectivity index (χ0n) is 14.8. The topological polar surface area (TPSA) is 57.7 Å². The standard InChI is InChI=1S/C19H20F3N5/c20-19(21,22)17-7-9-27(25-17)15-5-3-8-26(12-15)18-14(11-23)10-13-4-1-2-6-16(13)24-18/h7,9-10,15H,1-6,8,12H2. The van der Waals surface area contributed by atoms with Crippen LogP contribution >= 0.6 is 0 Å². The van der Waals surface area contributed by atoms with Crippen molar-refractivity contribution in [2.24, 2.45) is 0 Å². The molecule has 0 N–H and O–H groups in total. The van der Waals surface area contributed by atoms with E-state index in [1.165, 1.54) is 10.9 Å². The van der Waals surface area contributed by atoms with Gasteiger partial charge in [0.15, 0.2) is 5.69 Å². The Balaban J connectivity index is 1.60. The molecule has 2 aliphatic rings. The van der Waals surface area contributed by atoms with Crippen LogP contribution in [0.4, 0.5) is 19.0 Å². The highest BCUT2D eigenvalue weighted by atomic mass is 19.4. The third kappa shape index (κ3) is 3.51. The summed E-state index contributed by atoms with van der Waals surface area (Å²) in [5, 5.41) is 13.3. The summed E-state index contributed by atoms with van der Waals surface area (Å²) in [6.45, 7) is 1.24. The van der Waals surface area contributed by atoms with Crippen LogP contribution in [0.2, 0.25) is 0 Å². The molecule has 0 radical (unpaired) electrons. The molecular weight excluding hydrogens is 355 g/mol. The van der Waals surface area contributed by atoms with Crippen LogP contribution in [0.3, 0.4) is 0 Å². The monoisotopic (exact) mass is 375 g/mol. The number of piperidine rings is 1. The minimum Gasteiger partial charge on any atom is -0.353 e. The number of pyridine rings is 1. The first-order valence-corrected chi connectivity index (χ1v) is 9.26. The van der Waals surface area contributed by atoms with Crippen LogP contribution in [0, 0.1) is 11.3 Å². The lowest BCUT2D eigenvalue weighted by Crippen LogP contribution is -2.38. The molecule has 1 aliphatic carbocycles. The highest BCUT2D eigenvalue weighted by Gasteiger charge is 2.35. The van der Waals surface area contributed by atoms with Crippen molar-refractivity contribution in [2.45, 2.75) is 50.7 Å². The molecule has 8 heteroatoms. The van der Waals surface area contributed by atoms with Gasteiger partial charge >= 0.3 is 6.18 Å². The Hall–Kier alpha value is -2.56. The number of rotatable bonds is 2. The molecule has 1 atom stereocenters. The molecule has 3 heterocycles. The van der Waals surface area contributed by atoms with Crippen molar-refractivity contribution in [1.29, 1.82) is 5.26 Å². The molecular formula is C19H20F3N5. The molecule has 142 valence electrons. The Morgan fingerprint density at radius 2 is 2.00 bits per heavy atom. The van der Waals surface area contributed by atoms with Gasteiger partial charge in [0.25, 0.3) is 0 Å². The summed E-state index contributed by atoms with van der Waals surface area (Å²) in [6, 6.07) is 5.03. The second-order valence-electron chi connectivity index (χ2n) is 7.21. The number of alkyl halides is 3. The van der Waals surface area contributed by atoms with Gasteiger partial charge in [0.1, 0.15) is 11.9 Å². The van der Waals surface area contributed by atoms with E-state index in [0.717, 1.165) is 62.4 Å². The first-order chi connectivity index (χ1) is 13.0. The second kappa shape index (κ2) is 6.87. The number of aryl methyl sites for hydroxylation is 2. The van der Waals surface area contributed by atoms with E-state index in [9.17, 15) is 18.4 Å². The molecule has 27 heavy (non-hydrogen) atoms. The Labute approximate surface area is 155 Å². The minimum absolute atomic E-state index is 0.167. The number of fused-ring (bicyclic) bond motifs is 1. The molecule has 2 aromatic rings. The van der Waals surface area contributed by atoms with Gasteiger partial charge in [-0.25, -0.2) is 4.98 Å². The fourth-order valence-electron chi connectivity index (χ4n) is 4.00. The zero-order valence-corrected chi connectivity index (χ0v) is 14.8. The molecule has 0 bridgehead atoms. The lowest BCUT2D eigenvalue weighted by atomic mass is 9.94. The SMILES string of the molecule is N#Cc1cc2c(nc1N1CCCC(n3ccc(C(F)(F)F)n3)C1)CCCC2. The molecule has 4 rings (SSSR count). The summed E-state index contributed by atoms with van der Waals surface area (Å²) in [6.07, 6.45) is 2.60. The molecule has 2 aromatic heterocycles. The van der Waals surface area contributed by atoms with E-state index < -0.39 is 11.9 Å². The van der Waals surface area contributed by atoms with Crippen molar-refractivity contribution < 1.29 is 13.2 Å². The van der Waals surface area contributed by atoms with Crippen molar-refractivity contribution in [3.05, 3.63) is 40.8 Å². The summed E-state index contributed by atoms with van der Waals surface area (Å²) in [7, 11) is 0. The van der Waals surface area contributed by atoms with Crippen LogP contribution in [-0.4, -0.2) is 27.9 Å². The molecule has 1 aliphatic heterocycles. The van der Waals surface area contributed by atoms with E-state index in [1.807, 2.05) is 11.0 Å². The van der Waals surface area contributed by atoms with Crippen LogP contribution in [0.1, 0.15) is 54.2 Å². The van der Waals surface area contributed by atoms with E-state index in [1.54, 1.807) is 0 Å². The normalized spacial score (nSPS) is 20.2. The molecule has 1 fully saturated rings. The van der Waals surface area contributed by atoms with Gasteiger partial charge in [-0.3, -0.25) is 4.68 Å². The quantitative estimate of drug-likeness (QED) is 0.799. The van der Waals surface area contributed by atoms with Gasteiger partial charge < -0.3 is 4.90 Å². The van der Waals surface area contributed by atoms with Crippen LogP contribution in [-0.2, 0) is 19.0 Å². The predicted molar refractivity (Wildman–Crippen MR) is 93.3 cm³/mol. The maximum absolute atomic E-state index is 12.8. The Morgan fingerprint density at radius 1 is 1.19 bits per heavy atom. The maximum Gasteiger partial charge on any atom is 0.435 e. The number of nitriles is 1. The molecule has 5 nitrogen and oxygen atoms in total. The summed E-state index contributed by atoms with van der Waals surface area (Å²) >= 11 is 0. The highest BCUT2D eigenvalue weighted by molar-refractivity contribution is 5.56. The number of aromatic nitrogens is 3. The maximum atomic E-state index is 12.8. The number of anilines is 1. The first kappa shape index (κ1) is 17.8. The van der Waals surface area contributed by atoms with Gasteiger partial charge in [-0.05, 0) is 56.2 Å². The number of hydrogen-bond acceptors (Lipinski definition) is 4. The smallest absolute Gasteiger partial charge is 0.353 e. The van der Waals surface area contributed by atoms with E-state index in [4.69, 9.17) is 4.98 Å². The van der Waals surface area contributed by atoms with Crippen LogP contribution in [0.5, 0.6) is 0 Å². The molecule has 0 saturated carbocycles. The van der Waals surface area contributed by atoms with Gasteiger partial charge in [-0.2, -0.15) is 23.5 Å². The molecule has 0 aromatic carbocycles. The molecule has 1 saturated heterocycles. The van der Waals surface area contributed by atoms with Gasteiger partial charge in [0.05, 0.1) is 11.6 Å². The third-order valence-electron chi connectivity index (χ3n) is 5.37. The molecule has 0 amide bonds. The number of nitrogens with zero attached hydrogens (tertiary/aromatic N) is 5. The third-order valence-corrected chi connectivity index (χ3v) is 5.37. The summed E-state index contributed by atoms with van der Waals surface area (Å²) in [5.41, 5.74) is 1.88. The Morgan fingerprint density at radius 3 is 2.74 bits per heavy atom. The van der Waals surface area contributed by atoms with Gasteiger partial charge in [0, 0.05) is 25.0 Å². The van der Waals surface area contributed by atoms with Crippen LogP contribution < -0.4 is 4.90 Å².